The minimum atomic E-state index is -0.186. The van der Waals surface area contributed by atoms with Gasteiger partial charge in [0, 0.05) is 31.9 Å². The lowest BCUT2D eigenvalue weighted by Crippen LogP contribution is -2.31. The molecule has 0 aliphatic carbocycles. The summed E-state index contributed by atoms with van der Waals surface area (Å²) in [6.45, 7) is 6.43. The van der Waals surface area contributed by atoms with E-state index in [-0.39, 0.29) is 5.82 Å². The van der Waals surface area contributed by atoms with Gasteiger partial charge in [-0.25, -0.2) is 0 Å². The highest BCUT2D eigenvalue weighted by Crippen LogP contribution is 2.42. The van der Waals surface area contributed by atoms with Crippen LogP contribution in [0.5, 0.6) is 0 Å². The number of pyridine rings is 1. The van der Waals surface area contributed by atoms with E-state index in [1.54, 1.807) is 17.5 Å². The molecule has 0 saturated heterocycles. The van der Waals surface area contributed by atoms with Crippen molar-refractivity contribution in [3.8, 4) is 16.9 Å². The number of aryl methyl sites for hydroxylation is 3. The van der Waals surface area contributed by atoms with E-state index in [1.165, 1.54) is 33.0 Å². The maximum absolute atomic E-state index is 15.7. The molecule has 0 fully saturated rings. The third-order valence-corrected chi connectivity index (χ3v) is 8.87. The SMILES string of the molecule is Cc1cc(C)c(C)c(-c2c3sc4ccc(-n5c6ccccc6c6ccccc65)cc4c3c(F)c[n+]2C)c1. The molecule has 7 aromatic rings. The monoisotopic (exact) mass is 501 g/mol. The molecule has 0 bridgehead atoms. The van der Waals surface area contributed by atoms with E-state index in [0.717, 1.165) is 37.2 Å². The van der Waals surface area contributed by atoms with E-state index in [0.29, 0.717) is 5.39 Å². The molecular formula is C33H26FN2S+. The van der Waals surface area contributed by atoms with E-state index < -0.39 is 0 Å². The van der Waals surface area contributed by atoms with Crippen LogP contribution in [-0.4, -0.2) is 4.57 Å². The van der Waals surface area contributed by atoms with Crippen molar-refractivity contribution in [3.05, 3.63) is 108 Å². The quantitative estimate of drug-likeness (QED) is 0.210. The van der Waals surface area contributed by atoms with Crippen molar-refractivity contribution in [2.24, 2.45) is 7.05 Å². The molecule has 0 aliphatic rings. The number of halogens is 1. The zero-order chi connectivity index (χ0) is 25.4. The molecule has 0 radical (unpaired) electrons. The Hall–Kier alpha value is -4.02. The van der Waals surface area contributed by atoms with Crippen LogP contribution in [-0.2, 0) is 7.05 Å². The first kappa shape index (κ1) is 22.2. The number of fused-ring (bicyclic) bond motifs is 6. The van der Waals surface area contributed by atoms with Crippen LogP contribution >= 0.6 is 11.3 Å². The first-order valence-corrected chi connectivity index (χ1v) is 13.3. The highest BCUT2D eigenvalue weighted by Gasteiger charge is 2.25. The van der Waals surface area contributed by atoms with Crippen molar-refractivity contribution in [3.63, 3.8) is 0 Å². The van der Waals surface area contributed by atoms with E-state index in [9.17, 15) is 0 Å². The molecule has 4 aromatic carbocycles. The number of para-hydroxylation sites is 2. The second kappa shape index (κ2) is 7.99. The van der Waals surface area contributed by atoms with Gasteiger partial charge in [-0.15, -0.1) is 11.3 Å². The minimum absolute atomic E-state index is 0.186. The molecule has 3 aromatic heterocycles. The van der Waals surface area contributed by atoms with E-state index in [4.69, 9.17) is 0 Å². The minimum Gasteiger partial charge on any atom is -0.309 e. The van der Waals surface area contributed by atoms with Crippen molar-refractivity contribution in [1.29, 1.82) is 0 Å². The maximum atomic E-state index is 15.7. The molecule has 2 nitrogen and oxygen atoms in total. The summed E-state index contributed by atoms with van der Waals surface area (Å²) in [7, 11) is 1.95. The predicted octanol–water partition coefficient (Wildman–Crippen LogP) is 8.71. The Bertz CT molecular complexity index is 1990. The molecule has 0 unspecified atom stereocenters. The first-order chi connectivity index (χ1) is 17.9. The van der Waals surface area contributed by atoms with Crippen LogP contribution in [0, 0.1) is 26.6 Å². The van der Waals surface area contributed by atoms with Gasteiger partial charge >= 0.3 is 0 Å². The lowest BCUT2D eigenvalue weighted by Gasteiger charge is -2.10. The Morgan fingerprint density at radius 2 is 1.46 bits per heavy atom. The molecule has 0 N–H and O–H groups in total. The Labute approximate surface area is 218 Å². The summed E-state index contributed by atoms with van der Waals surface area (Å²) in [4.78, 5) is 0. The van der Waals surface area contributed by atoms with Crippen molar-refractivity contribution in [2.45, 2.75) is 20.8 Å². The van der Waals surface area contributed by atoms with E-state index in [1.807, 2.05) is 11.6 Å². The molecule has 0 atom stereocenters. The summed E-state index contributed by atoms with van der Waals surface area (Å²) >= 11 is 1.67. The zero-order valence-electron chi connectivity index (χ0n) is 21.3. The van der Waals surface area contributed by atoms with E-state index in [2.05, 4.69) is 104 Å². The topological polar surface area (TPSA) is 8.81 Å². The fraction of sp³-hybridized carbons (Fsp3) is 0.121. The normalized spacial score (nSPS) is 11.9. The third kappa shape index (κ3) is 3.19. The van der Waals surface area contributed by atoms with Crippen molar-refractivity contribution in [1.82, 2.24) is 4.57 Å². The average molecular weight is 502 g/mol. The van der Waals surface area contributed by atoms with Crippen LogP contribution in [0.2, 0.25) is 0 Å². The fourth-order valence-electron chi connectivity index (χ4n) is 5.89. The van der Waals surface area contributed by atoms with Crippen LogP contribution in [0.25, 0.3) is 58.9 Å². The highest BCUT2D eigenvalue weighted by atomic mass is 32.1. The Morgan fingerprint density at radius 3 is 2.16 bits per heavy atom. The number of hydrogen-bond donors (Lipinski definition) is 0. The van der Waals surface area contributed by atoms with Gasteiger partial charge in [0.05, 0.1) is 16.6 Å². The molecule has 37 heavy (non-hydrogen) atoms. The van der Waals surface area contributed by atoms with Gasteiger partial charge in [0.15, 0.2) is 5.82 Å². The van der Waals surface area contributed by atoms with Gasteiger partial charge in [-0.2, -0.15) is 8.96 Å². The Balaban J connectivity index is 1.56. The lowest BCUT2D eigenvalue weighted by molar-refractivity contribution is -0.660. The van der Waals surface area contributed by atoms with Gasteiger partial charge in [-0.3, -0.25) is 0 Å². The second-order valence-corrected chi connectivity index (χ2v) is 11.1. The van der Waals surface area contributed by atoms with Gasteiger partial charge in [0.2, 0.25) is 11.9 Å². The number of benzene rings is 4. The summed E-state index contributed by atoms with van der Waals surface area (Å²) < 4.78 is 22.0. The van der Waals surface area contributed by atoms with Crippen LogP contribution in [0.3, 0.4) is 0 Å². The number of aromatic nitrogens is 2. The molecule has 4 heteroatoms. The molecule has 0 aliphatic heterocycles. The fourth-order valence-corrected chi connectivity index (χ4v) is 7.17. The summed E-state index contributed by atoms with van der Waals surface area (Å²) in [5, 5.41) is 4.10. The predicted molar refractivity (Wildman–Crippen MR) is 154 cm³/mol. The lowest BCUT2D eigenvalue weighted by atomic mass is 9.96. The van der Waals surface area contributed by atoms with Crippen LogP contribution in [0.1, 0.15) is 16.7 Å². The van der Waals surface area contributed by atoms with Gasteiger partial charge in [-0.1, -0.05) is 48.0 Å². The molecule has 3 heterocycles. The van der Waals surface area contributed by atoms with Gasteiger partial charge < -0.3 is 4.57 Å². The Kier molecular flexibility index (Phi) is 4.79. The Morgan fingerprint density at radius 1 is 0.784 bits per heavy atom. The van der Waals surface area contributed by atoms with Gasteiger partial charge in [0.1, 0.15) is 11.7 Å². The summed E-state index contributed by atoms with van der Waals surface area (Å²) in [5.74, 6) is -0.186. The van der Waals surface area contributed by atoms with E-state index >= 15 is 4.39 Å². The van der Waals surface area contributed by atoms with Crippen molar-refractivity contribution in [2.75, 3.05) is 0 Å². The average Bonchev–Trinajstić information content (AvgIpc) is 3.42. The maximum Gasteiger partial charge on any atom is 0.230 e. The van der Waals surface area contributed by atoms with Gasteiger partial charge in [0.25, 0.3) is 0 Å². The zero-order valence-corrected chi connectivity index (χ0v) is 22.1. The summed E-state index contributed by atoms with van der Waals surface area (Å²) in [6, 6.07) is 27.9. The highest BCUT2D eigenvalue weighted by molar-refractivity contribution is 7.26. The number of thiophene rings is 1. The molecular weight excluding hydrogens is 475 g/mol. The molecule has 0 amide bonds. The van der Waals surface area contributed by atoms with Gasteiger partial charge in [-0.05, 0) is 68.3 Å². The molecule has 7 rings (SSSR count). The molecule has 0 spiro atoms. The number of nitrogens with zero attached hydrogens (tertiary/aromatic N) is 2. The molecule has 180 valence electrons. The van der Waals surface area contributed by atoms with Crippen molar-refractivity contribution < 1.29 is 8.96 Å². The van der Waals surface area contributed by atoms with Crippen LogP contribution in [0.4, 0.5) is 4.39 Å². The number of rotatable bonds is 2. The van der Waals surface area contributed by atoms with Crippen molar-refractivity contribution >= 4 is 53.3 Å². The third-order valence-electron chi connectivity index (χ3n) is 7.69. The second-order valence-electron chi connectivity index (χ2n) is 10.0. The molecule has 0 saturated carbocycles. The summed E-state index contributed by atoms with van der Waals surface area (Å²) in [5.41, 5.74) is 9.29. The number of hydrogen-bond acceptors (Lipinski definition) is 1. The smallest absolute Gasteiger partial charge is 0.230 e. The first-order valence-electron chi connectivity index (χ1n) is 12.5. The van der Waals surface area contributed by atoms with Crippen LogP contribution in [0.15, 0.2) is 85.1 Å². The summed E-state index contributed by atoms with van der Waals surface area (Å²) in [6.07, 6.45) is 1.63. The van der Waals surface area contributed by atoms with Crippen LogP contribution < -0.4 is 4.57 Å². The largest absolute Gasteiger partial charge is 0.309 e. The standard InChI is InChI=1S/C33H26FN2S/c1-19-15-20(2)21(3)25(16-19)32-33-31(27(34)18-35(32)4)26-17-22(13-14-30(26)37-33)36-28-11-7-5-9-23(28)24-10-6-8-12-29(24)36/h5-18H,1-4H3/q+1.